The van der Waals surface area contributed by atoms with Gasteiger partial charge in [0, 0.05) is 11.1 Å². The van der Waals surface area contributed by atoms with Crippen LogP contribution in [0.1, 0.15) is 29.3 Å². The number of carboxylic acids is 1. The van der Waals surface area contributed by atoms with Gasteiger partial charge in [0.1, 0.15) is 0 Å². The van der Waals surface area contributed by atoms with Gasteiger partial charge in [0.15, 0.2) is 5.78 Å². The van der Waals surface area contributed by atoms with Gasteiger partial charge in [-0.25, -0.2) is 0 Å². The molecule has 16 heavy (non-hydrogen) atoms. The fourth-order valence-corrected chi connectivity index (χ4v) is 1.36. The summed E-state index contributed by atoms with van der Waals surface area (Å²) in [5.74, 6) is -1.34. The van der Waals surface area contributed by atoms with Gasteiger partial charge in [0.2, 0.25) is 0 Å². The lowest BCUT2D eigenvalue weighted by molar-refractivity contribution is -0.136. The molecule has 1 aromatic rings. The van der Waals surface area contributed by atoms with Crippen LogP contribution in [-0.2, 0) is 11.2 Å². The molecule has 0 aliphatic carbocycles. The molecule has 0 saturated carbocycles. The van der Waals surface area contributed by atoms with Gasteiger partial charge in [-0.3, -0.25) is 9.59 Å². The van der Waals surface area contributed by atoms with Crippen LogP contribution in [0.4, 0.5) is 0 Å². The smallest absolute Gasteiger partial charge is 0.307 e. The number of aliphatic carboxylic acids is 1. The second kappa shape index (κ2) is 5.26. The Labute approximate surface area is 94.4 Å². The van der Waals surface area contributed by atoms with Crippen LogP contribution in [0.3, 0.4) is 0 Å². The second-order valence-electron chi connectivity index (χ2n) is 3.55. The molecule has 0 heterocycles. The van der Waals surface area contributed by atoms with Crippen molar-refractivity contribution in [1.29, 1.82) is 0 Å². The van der Waals surface area contributed by atoms with Crippen LogP contribution < -0.4 is 0 Å². The number of Topliss-reactive ketones (excluding diaryl/α,β-unsaturated/α-hetero) is 1. The minimum Gasteiger partial charge on any atom is -0.481 e. The Balaban J connectivity index is 2.80. The van der Waals surface area contributed by atoms with Crippen LogP contribution in [-0.4, -0.2) is 16.9 Å². The molecule has 1 N–H and O–H groups in total. The van der Waals surface area contributed by atoms with E-state index in [1.165, 1.54) is 0 Å². The van der Waals surface area contributed by atoms with Crippen LogP contribution in [0.25, 0.3) is 0 Å². The summed E-state index contributed by atoms with van der Waals surface area (Å²) in [5.41, 5.74) is 1.74. The maximum atomic E-state index is 11.7. The fourth-order valence-electron chi connectivity index (χ4n) is 1.36. The van der Waals surface area contributed by atoms with Crippen molar-refractivity contribution in [3.63, 3.8) is 0 Å². The number of carbonyl (C=O) groups excluding carboxylic acids is 1. The van der Waals surface area contributed by atoms with Crippen molar-refractivity contribution >= 4 is 11.8 Å². The number of hydrogen-bond donors (Lipinski definition) is 1. The zero-order valence-electron chi connectivity index (χ0n) is 9.19. The lowest BCUT2D eigenvalue weighted by Gasteiger charge is -2.03. The highest BCUT2D eigenvalue weighted by molar-refractivity contribution is 6.10. The molecule has 0 radical (unpaired) electrons. The Morgan fingerprint density at radius 3 is 2.25 bits per heavy atom. The average molecular weight is 218 g/mol. The molecule has 0 fully saturated rings. The molecule has 0 spiro atoms. The van der Waals surface area contributed by atoms with Crippen molar-refractivity contribution in [2.45, 2.75) is 19.8 Å². The van der Waals surface area contributed by atoms with Gasteiger partial charge in [-0.05, 0) is 12.0 Å². The summed E-state index contributed by atoms with van der Waals surface area (Å²) >= 11 is 0. The van der Waals surface area contributed by atoms with E-state index in [1.54, 1.807) is 12.1 Å². The van der Waals surface area contributed by atoms with E-state index in [-0.39, 0.29) is 17.8 Å². The molecule has 3 nitrogen and oxygen atoms in total. The third-order valence-corrected chi connectivity index (χ3v) is 2.31. The van der Waals surface area contributed by atoms with E-state index in [0.29, 0.717) is 5.56 Å². The Morgan fingerprint density at radius 1 is 1.25 bits per heavy atom. The van der Waals surface area contributed by atoms with Gasteiger partial charge in [-0.15, -0.1) is 0 Å². The molecule has 1 aromatic carbocycles. The number of hydrogen-bond acceptors (Lipinski definition) is 2. The summed E-state index contributed by atoms with van der Waals surface area (Å²) in [7, 11) is 0. The van der Waals surface area contributed by atoms with Crippen molar-refractivity contribution < 1.29 is 14.7 Å². The predicted octanol–water partition coefficient (Wildman–Crippen LogP) is 2.46. The van der Waals surface area contributed by atoms with Crippen LogP contribution in [0.5, 0.6) is 0 Å². The number of benzene rings is 1. The fraction of sp³-hybridized carbons (Fsp3) is 0.231. The predicted molar refractivity (Wildman–Crippen MR) is 61.5 cm³/mol. The Kier molecular flexibility index (Phi) is 4.00. The Bertz CT molecular complexity index is 415. The van der Waals surface area contributed by atoms with Crippen LogP contribution in [0.15, 0.2) is 36.4 Å². The lowest BCUT2D eigenvalue weighted by Crippen LogP contribution is -2.07. The molecule has 1 rings (SSSR count). The second-order valence-corrected chi connectivity index (χ2v) is 3.55. The molecule has 0 saturated heterocycles. The molecular formula is C13H14O3. The molecule has 3 heteroatoms. The molecule has 84 valence electrons. The molecular weight excluding hydrogens is 204 g/mol. The molecule has 0 aromatic heterocycles. The molecule has 0 unspecified atom stereocenters. The SMILES string of the molecule is C=C(CC(=O)O)C(=O)c1ccc(CC)cc1. The average Bonchev–Trinajstić information content (AvgIpc) is 2.27. The van der Waals surface area contributed by atoms with Gasteiger partial charge in [0.05, 0.1) is 6.42 Å². The van der Waals surface area contributed by atoms with E-state index < -0.39 is 5.97 Å². The number of ketones is 1. The normalized spacial score (nSPS) is 9.81. The van der Waals surface area contributed by atoms with Crippen molar-refractivity contribution in [3.8, 4) is 0 Å². The van der Waals surface area contributed by atoms with Crippen LogP contribution in [0, 0.1) is 0 Å². The summed E-state index contributed by atoms with van der Waals surface area (Å²) in [6.45, 7) is 5.51. The van der Waals surface area contributed by atoms with Crippen molar-refractivity contribution in [3.05, 3.63) is 47.5 Å². The topological polar surface area (TPSA) is 54.4 Å². The quantitative estimate of drug-likeness (QED) is 0.610. The van der Waals surface area contributed by atoms with Gasteiger partial charge in [0.25, 0.3) is 0 Å². The highest BCUT2D eigenvalue weighted by Crippen LogP contribution is 2.11. The summed E-state index contributed by atoms with van der Waals surface area (Å²) in [6.07, 6.45) is 0.596. The van der Waals surface area contributed by atoms with Crippen LogP contribution >= 0.6 is 0 Å². The summed E-state index contributed by atoms with van der Waals surface area (Å²) in [4.78, 5) is 22.1. The maximum Gasteiger partial charge on any atom is 0.307 e. The van der Waals surface area contributed by atoms with E-state index in [9.17, 15) is 9.59 Å². The standard InChI is InChI=1S/C13H14O3/c1-3-10-4-6-11(7-5-10)13(16)9(2)8-12(14)15/h4-7H,2-3,8H2,1H3,(H,14,15). The summed E-state index contributed by atoms with van der Waals surface area (Å²) < 4.78 is 0. The van der Waals surface area contributed by atoms with Gasteiger partial charge in [-0.1, -0.05) is 37.8 Å². The van der Waals surface area contributed by atoms with Crippen molar-refractivity contribution in [1.82, 2.24) is 0 Å². The summed E-state index contributed by atoms with van der Waals surface area (Å²) in [6, 6.07) is 7.13. The number of rotatable bonds is 5. The van der Waals surface area contributed by atoms with Crippen molar-refractivity contribution in [2.75, 3.05) is 0 Å². The van der Waals surface area contributed by atoms with E-state index in [0.717, 1.165) is 12.0 Å². The molecule has 0 aliphatic rings. The lowest BCUT2D eigenvalue weighted by atomic mass is 10.0. The third-order valence-electron chi connectivity index (χ3n) is 2.31. The number of aryl methyl sites for hydroxylation is 1. The molecule has 0 atom stereocenters. The van der Waals surface area contributed by atoms with Gasteiger partial charge in [-0.2, -0.15) is 0 Å². The first-order valence-electron chi connectivity index (χ1n) is 5.07. The highest BCUT2D eigenvalue weighted by Gasteiger charge is 2.12. The zero-order valence-corrected chi connectivity index (χ0v) is 9.19. The largest absolute Gasteiger partial charge is 0.481 e. The minimum atomic E-state index is -1.04. The van der Waals surface area contributed by atoms with E-state index in [1.807, 2.05) is 19.1 Å². The zero-order chi connectivity index (χ0) is 12.1. The first kappa shape index (κ1) is 12.2. The first-order chi connectivity index (χ1) is 7.54. The van der Waals surface area contributed by atoms with E-state index in [2.05, 4.69) is 6.58 Å². The van der Waals surface area contributed by atoms with Crippen LogP contribution in [0.2, 0.25) is 0 Å². The van der Waals surface area contributed by atoms with Gasteiger partial charge < -0.3 is 5.11 Å². The Morgan fingerprint density at radius 2 is 1.81 bits per heavy atom. The number of carbonyl (C=O) groups is 2. The minimum absolute atomic E-state index is 0.108. The number of carboxylic acid groups (broad SMARTS) is 1. The van der Waals surface area contributed by atoms with E-state index in [4.69, 9.17) is 5.11 Å². The van der Waals surface area contributed by atoms with Crippen molar-refractivity contribution in [2.24, 2.45) is 0 Å². The van der Waals surface area contributed by atoms with E-state index >= 15 is 0 Å². The molecule has 0 bridgehead atoms. The summed E-state index contributed by atoms with van der Waals surface area (Å²) in [5, 5.41) is 8.55. The third kappa shape index (κ3) is 3.05. The maximum absolute atomic E-state index is 11.7. The first-order valence-corrected chi connectivity index (χ1v) is 5.07. The van der Waals surface area contributed by atoms with Gasteiger partial charge >= 0.3 is 5.97 Å². The molecule has 0 amide bonds. The molecule has 0 aliphatic heterocycles. The Hall–Kier alpha value is -1.90. The highest BCUT2D eigenvalue weighted by atomic mass is 16.4. The monoisotopic (exact) mass is 218 g/mol.